The largest absolute Gasteiger partial charge is 0.489 e. The van der Waals surface area contributed by atoms with Gasteiger partial charge in [0.2, 0.25) is 0 Å². The van der Waals surface area contributed by atoms with Crippen LogP contribution in [0.3, 0.4) is 0 Å². The summed E-state index contributed by atoms with van der Waals surface area (Å²) < 4.78 is 6.02. The number of ether oxygens (including phenoxy) is 1. The predicted octanol–water partition coefficient (Wildman–Crippen LogP) is 4.15. The lowest BCUT2D eigenvalue weighted by molar-refractivity contribution is 0.184. The molecule has 2 aromatic rings. The topological polar surface area (TPSA) is 58.0 Å². The molecule has 0 radical (unpaired) electrons. The van der Waals surface area contributed by atoms with E-state index in [9.17, 15) is 0 Å². The third-order valence-corrected chi connectivity index (χ3v) is 3.58. The molecule has 0 aromatic heterocycles. The number of hydrogen-bond donors (Lipinski definition) is 0. The summed E-state index contributed by atoms with van der Waals surface area (Å²) in [6, 6.07) is 10.7. The molecule has 4 heteroatoms. The van der Waals surface area contributed by atoms with Crippen molar-refractivity contribution in [1.82, 2.24) is 0 Å². The zero-order valence-electron chi connectivity index (χ0n) is 10.8. The first-order valence-electron chi connectivity index (χ1n) is 6.47. The van der Waals surface area contributed by atoms with Crippen molar-refractivity contribution >= 4 is 10.8 Å². The molecule has 1 atom stereocenters. The Labute approximate surface area is 111 Å². The number of aryl methyl sites for hydroxylation is 2. The monoisotopic (exact) mass is 253 g/mol. The minimum absolute atomic E-state index is 0.00435. The fraction of sp³-hybridized carbons (Fsp3) is 0.333. The molecule has 1 heterocycles. The fourth-order valence-corrected chi connectivity index (χ4v) is 2.60. The maximum atomic E-state index is 8.40. The van der Waals surface area contributed by atoms with Gasteiger partial charge in [0.05, 0.1) is 6.54 Å². The Morgan fingerprint density at radius 3 is 3.11 bits per heavy atom. The second-order valence-electron chi connectivity index (χ2n) is 4.97. The van der Waals surface area contributed by atoms with Gasteiger partial charge in [-0.15, -0.1) is 0 Å². The first kappa shape index (κ1) is 11.9. The third-order valence-electron chi connectivity index (χ3n) is 3.58. The highest BCUT2D eigenvalue weighted by atomic mass is 16.5. The molecule has 0 saturated carbocycles. The molecule has 0 spiro atoms. The number of hydrogen-bond acceptors (Lipinski definition) is 2. The van der Waals surface area contributed by atoms with Crippen LogP contribution in [-0.4, -0.2) is 12.6 Å². The first-order chi connectivity index (χ1) is 9.28. The maximum absolute atomic E-state index is 8.40. The van der Waals surface area contributed by atoms with E-state index in [1.165, 1.54) is 16.5 Å². The summed E-state index contributed by atoms with van der Waals surface area (Å²) in [6.45, 7) is 2.49. The summed E-state index contributed by atoms with van der Waals surface area (Å²) in [5, 5.41) is 5.96. The van der Waals surface area contributed by atoms with Gasteiger partial charge in [0.25, 0.3) is 0 Å². The van der Waals surface area contributed by atoms with Crippen LogP contribution in [0.5, 0.6) is 5.75 Å². The summed E-state index contributed by atoms with van der Waals surface area (Å²) >= 11 is 0. The van der Waals surface area contributed by atoms with Crippen LogP contribution in [0.4, 0.5) is 0 Å². The summed E-state index contributed by atoms with van der Waals surface area (Å²) in [5.74, 6) is 0.960. The van der Waals surface area contributed by atoms with E-state index in [1.807, 2.05) is 0 Å². The maximum Gasteiger partial charge on any atom is 0.130 e. The van der Waals surface area contributed by atoms with E-state index in [-0.39, 0.29) is 6.10 Å². The molecular weight excluding hydrogens is 238 g/mol. The minimum atomic E-state index is -0.00435. The summed E-state index contributed by atoms with van der Waals surface area (Å²) in [7, 11) is 0. The van der Waals surface area contributed by atoms with Crippen molar-refractivity contribution in [2.24, 2.45) is 5.11 Å². The fourth-order valence-electron chi connectivity index (χ4n) is 2.60. The molecule has 2 aromatic carbocycles. The minimum Gasteiger partial charge on any atom is -0.489 e. The molecule has 0 N–H and O–H groups in total. The molecule has 19 heavy (non-hydrogen) atoms. The van der Waals surface area contributed by atoms with E-state index in [0.717, 1.165) is 24.0 Å². The van der Waals surface area contributed by atoms with Crippen LogP contribution < -0.4 is 4.74 Å². The quantitative estimate of drug-likeness (QED) is 0.450. The first-order valence-corrected chi connectivity index (χ1v) is 6.47. The van der Waals surface area contributed by atoms with Crippen LogP contribution in [0, 0.1) is 6.92 Å². The zero-order chi connectivity index (χ0) is 13.2. The molecule has 1 aliphatic heterocycles. The van der Waals surface area contributed by atoms with E-state index < -0.39 is 0 Å². The smallest absolute Gasteiger partial charge is 0.130 e. The van der Waals surface area contributed by atoms with E-state index in [0.29, 0.717) is 6.54 Å². The van der Waals surface area contributed by atoms with Crippen molar-refractivity contribution in [1.29, 1.82) is 0 Å². The summed E-state index contributed by atoms with van der Waals surface area (Å²) in [4.78, 5) is 2.80. The molecular formula is C15H15N3O. The molecule has 1 unspecified atom stereocenters. The molecule has 0 saturated heterocycles. The third kappa shape index (κ3) is 2.23. The van der Waals surface area contributed by atoms with Gasteiger partial charge in [-0.1, -0.05) is 41.0 Å². The van der Waals surface area contributed by atoms with Gasteiger partial charge < -0.3 is 4.74 Å². The Hall–Kier alpha value is -2.19. The van der Waals surface area contributed by atoms with Gasteiger partial charge >= 0.3 is 0 Å². The van der Waals surface area contributed by atoms with Crippen LogP contribution in [0.2, 0.25) is 0 Å². The number of nitrogens with zero attached hydrogens (tertiary/aromatic N) is 3. The van der Waals surface area contributed by atoms with Crippen molar-refractivity contribution in [2.45, 2.75) is 25.9 Å². The van der Waals surface area contributed by atoms with Crippen molar-refractivity contribution in [3.8, 4) is 5.75 Å². The molecule has 0 fully saturated rings. The highest BCUT2D eigenvalue weighted by Gasteiger charge is 2.20. The summed E-state index contributed by atoms with van der Waals surface area (Å²) in [5.41, 5.74) is 10.9. The molecule has 4 nitrogen and oxygen atoms in total. The van der Waals surface area contributed by atoms with Crippen molar-refractivity contribution in [2.75, 3.05) is 6.54 Å². The van der Waals surface area contributed by atoms with E-state index in [1.54, 1.807) is 0 Å². The number of benzene rings is 2. The van der Waals surface area contributed by atoms with E-state index in [4.69, 9.17) is 10.3 Å². The Morgan fingerprint density at radius 1 is 1.37 bits per heavy atom. The standard InChI is InChI=1S/C15H15N3O/c1-10-2-7-14-12(8-10)4-3-11-5-6-13(9-17-18-16)19-15(11)14/h2-4,7-8,13H,5-6,9H2,1H3. The Kier molecular flexibility index (Phi) is 3.02. The Morgan fingerprint density at radius 2 is 2.26 bits per heavy atom. The molecule has 0 aliphatic carbocycles. The average Bonchev–Trinajstić information content (AvgIpc) is 2.44. The van der Waals surface area contributed by atoms with Crippen LogP contribution in [-0.2, 0) is 6.42 Å². The van der Waals surface area contributed by atoms with E-state index in [2.05, 4.69) is 47.3 Å². The van der Waals surface area contributed by atoms with E-state index >= 15 is 0 Å². The van der Waals surface area contributed by atoms with Crippen LogP contribution >= 0.6 is 0 Å². The number of rotatable bonds is 2. The van der Waals surface area contributed by atoms with Gasteiger partial charge in [0.1, 0.15) is 11.9 Å². The van der Waals surface area contributed by atoms with Crippen molar-refractivity contribution < 1.29 is 4.74 Å². The van der Waals surface area contributed by atoms with Crippen molar-refractivity contribution in [3.63, 3.8) is 0 Å². The van der Waals surface area contributed by atoms with Gasteiger partial charge in [-0.25, -0.2) is 0 Å². The normalized spacial score (nSPS) is 17.4. The lowest BCUT2D eigenvalue weighted by Crippen LogP contribution is -2.25. The highest BCUT2D eigenvalue weighted by Crippen LogP contribution is 2.35. The second-order valence-corrected chi connectivity index (χ2v) is 4.97. The van der Waals surface area contributed by atoms with Gasteiger partial charge in [-0.3, -0.25) is 0 Å². The van der Waals surface area contributed by atoms with Gasteiger partial charge in [0, 0.05) is 10.3 Å². The SMILES string of the molecule is Cc1ccc2c3c(ccc2c1)CCC(CN=[N+]=[N-])O3. The number of fused-ring (bicyclic) bond motifs is 3. The average molecular weight is 253 g/mol. The van der Waals surface area contributed by atoms with Crippen LogP contribution in [0.1, 0.15) is 17.5 Å². The second kappa shape index (κ2) is 4.82. The molecule has 3 rings (SSSR count). The lowest BCUT2D eigenvalue weighted by atomic mass is 9.97. The number of azide groups is 1. The van der Waals surface area contributed by atoms with Crippen LogP contribution in [0.25, 0.3) is 21.2 Å². The van der Waals surface area contributed by atoms with Gasteiger partial charge in [-0.2, -0.15) is 0 Å². The van der Waals surface area contributed by atoms with Gasteiger partial charge in [0.15, 0.2) is 0 Å². The highest BCUT2D eigenvalue weighted by molar-refractivity contribution is 5.90. The molecule has 96 valence electrons. The van der Waals surface area contributed by atoms with Gasteiger partial charge in [-0.05, 0) is 36.2 Å². The Bertz CT molecular complexity index is 674. The lowest BCUT2D eigenvalue weighted by Gasteiger charge is -2.26. The Balaban J connectivity index is 2.03. The van der Waals surface area contributed by atoms with Crippen LogP contribution in [0.15, 0.2) is 35.4 Å². The zero-order valence-corrected chi connectivity index (χ0v) is 10.8. The predicted molar refractivity (Wildman–Crippen MR) is 75.4 cm³/mol. The molecule has 1 aliphatic rings. The summed E-state index contributed by atoms with van der Waals surface area (Å²) in [6.07, 6.45) is 1.88. The molecule has 0 amide bonds. The van der Waals surface area contributed by atoms with Crippen molar-refractivity contribution in [3.05, 3.63) is 51.9 Å². The molecule has 0 bridgehead atoms.